The van der Waals surface area contributed by atoms with E-state index in [0.717, 1.165) is 16.2 Å². The Morgan fingerprint density at radius 2 is 1.90 bits per heavy atom. The van der Waals surface area contributed by atoms with Crippen molar-refractivity contribution in [1.82, 2.24) is 15.2 Å². The third kappa shape index (κ3) is 5.01. The second kappa shape index (κ2) is 9.05. The molecule has 1 aromatic carbocycles. The van der Waals surface area contributed by atoms with Gasteiger partial charge in [0.25, 0.3) is 5.91 Å². The monoisotopic (exact) mass is 398 g/mol. The SMILES string of the molecule is COc1ccc(CCN2C(=O)N[C@@H](CC(=O)Nc3ccc(OC)nc3)C2=O)cc1. The molecular weight excluding hydrogens is 376 g/mol. The third-order valence-electron chi connectivity index (χ3n) is 4.51. The Morgan fingerprint density at radius 3 is 2.52 bits per heavy atom. The summed E-state index contributed by atoms with van der Waals surface area (Å²) in [5.74, 6) is 0.356. The molecule has 1 aliphatic heterocycles. The van der Waals surface area contributed by atoms with Gasteiger partial charge in [0.05, 0.1) is 32.5 Å². The lowest BCUT2D eigenvalue weighted by molar-refractivity contribution is -0.129. The molecule has 29 heavy (non-hydrogen) atoms. The first kappa shape index (κ1) is 20.1. The van der Waals surface area contributed by atoms with Gasteiger partial charge in [0.2, 0.25) is 11.8 Å². The zero-order valence-electron chi connectivity index (χ0n) is 16.2. The predicted molar refractivity (Wildman–Crippen MR) is 105 cm³/mol. The number of imide groups is 1. The molecule has 152 valence electrons. The Hall–Kier alpha value is -3.62. The van der Waals surface area contributed by atoms with Gasteiger partial charge in [-0.25, -0.2) is 9.78 Å². The topological polar surface area (TPSA) is 110 Å². The highest BCUT2D eigenvalue weighted by Crippen LogP contribution is 2.16. The molecule has 1 aromatic heterocycles. The molecule has 9 heteroatoms. The second-order valence-corrected chi connectivity index (χ2v) is 6.43. The molecule has 1 atom stereocenters. The van der Waals surface area contributed by atoms with Crippen molar-refractivity contribution in [1.29, 1.82) is 0 Å². The molecule has 1 fully saturated rings. The Balaban J connectivity index is 1.52. The van der Waals surface area contributed by atoms with Crippen LogP contribution in [0.4, 0.5) is 10.5 Å². The van der Waals surface area contributed by atoms with Crippen LogP contribution < -0.4 is 20.1 Å². The van der Waals surface area contributed by atoms with Gasteiger partial charge in [-0.2, -0.15) is 0 Å². The van der Waals surface area contributed by atoms with E-state index >= 15 is 0 Å². The highest BCUT2D eigenvalue weighted by atomic mass is 16.5. The van der Waals surface area contributed by atoms with Crippen LogP contribution in [0.2, 0.25) is 0 Å². The van der Waals surface area contributed by atoms with Gasteiger partial charge in [-0.05, 0) is 30.2 Å². The number of methoxy groups -OCH3 is 2. The van der Waals surface area contributed by atoms with E-state index in [1.807, 2.05) is 24.3 Å². The van der Waals surface area contributed by atoms with Gasteiger partial charge in [-0.15, -0.1) is 0 Å². The molecule has 4 amide bonds. The smallest absolute Gasteiger partial charge is 0.324 e. The summed E-state index contributed by atoms with van der Waals surface area (Å²) in [5.41, 5.74) is 1.45. The van der Waals surface area contributed by atoms with Crippen LogP contribution in [0.25, 0.3) is 0 Å². The van der Waals surface area contributed by atoms with E-state index in [2.05, 4.69) is 15.6 Å². The summed E-state index contributed by atoms with van der Waals surface area (Å²) < 4.78 is 10.1. The number of hydrogen-bond donors (Lipinski definition) is 2. The predicted octanol–water partition coefficient (Wildman–Crippen LogP) is 1.59. The Morgan fingerprint density at radius 1 is 1.14 bits per heavy atom. The molecule has 3 rings (SSSR count). The number of rotatable bonds is 8. The van der Waals surface area contributed by atoms with E-state index in [4.69, 9.17) is 9.47 Å². The number of urea groups is 1. The van der Waals surface area contributed by atoms with Crippen LogP contribution in [0.5, 0.6) is 11.6 Å². The maximum absolute atomic E-state index is 12.5. The molecule has 1 saturated heterocycles. The van der Waals surface area contributed by atoms with Gasteiger partial charge in [-0.1, -0.05) is 12.1 Å². The number of pyridine rings is 1. The second-order valence-electron chi connectivity index (χ2n) is 6.43. The van der Waals surface area contributed by atoms with Crippen molar-refractivity contribution in [2.24, 2.45) is 0 Å². The first-order valence-corrected chi connectivity index (χ1v) is 9.05. The zero-order chi connectivity index (χ0) is 20.8. The molecule has 0 aliphatic carbocycles. The Bertz CT molecular complexity index is 883. The minimum atomic E-state index is -0.885. The van der Waals surface area contributed by atoms with Gasteiger partial charge < -0.3 is 20.1 Å². The summed E-state index contributed by atoms with van der Waals surface area (Å²) in [5, 5.41) is 5.21. The Labute approximate surface area is 168 Å². The average Bonchev–Trinajstić information content (AvgIpc) is 2.99. The van der Waals surface area contributed by atoms with E-state index in [9.17, 15) is 14.4 Å². The van der Waals surface area contributed by atoms with Crippen molar-refractivity contribution < 1.29 is 23.9 Å². The number of carbonyl (C=O) groups is 3. The summed E-state index contributed by atoms with van der Waals surface area (Å²) in [6, 6.07) is 9.27. The number of benzene rings is 1. The van der Waals surface area contributed by atoms with Crippen molar-refractivity contribution in [2.75, 3.05) is 26.1 Å². The molecule has 0 unspecified atom stereocenters. The van der Waals surface area contributed by atoms with E-state index in [1.165, 1.54) is 13.3 Å². The van der Waals surface area contributed by atoms with Gasteiger partial charge in [-0.3, -0.25) is 14.5 Å². The maximum Gasteiger partial charge on any atom is 0.324 e. The van der Waals surface area contributed by atoms with Crippen molar-refractivity contribution in [3.8, 4) is 11.6 Å². The fraction of sp³-hybridized carbons (Fsp3) is 0.300. The van der Waals surface area contributed by atoms with Crippen molar-refractivity contribution in [3.63, 3.8) is 0 Å². The lowest BCUT2D eigenvalue weighted by Gasteiger charge is -2.13. The number of nitrogens with zero attached hydrogens (tertiary/aromatic N) is 2. The van der Waals surface area contributed by atoms with Crippen LogP contribution in [0, 0.1) is 0 Å². The minimum absolute atomic E-state index is 0.157. The number of carbonyl (C=O) groups excluding carboxylic acids is 3. The highest BCUT2D eigenvalue weighted by Gasteiger charge is 2.38. The first-order valence-electron chi connectivity index (χ1n) is 9.05. The molecule has 0 spiro atoms. The van der Waals surface area contributed by atoms with Crippen molar-refractivity contribution in [2.45, 2.75) is 18.9 Å². The standard InChI is InChI=1S/C20H22N4O5/c1-28-15-6-3-13(4-7-15)9-10-24-19(26)16(23-20(24)27)11-17(25)22-14-5-8-18(29-2)21-12-14/h3-8,12,16H,9-11H2,1-2H3,(H,22,25)(H,23,27)/t16-/m0/s1. The fourth-order valence-electron chi connectivity index (χ4n) is 2.93. The summed E-state index contributed by atoms with van der Waals surface area (Å²) >= 11 is 0. The normalized spacial score (nSPS) is 15.8. The first-order chi connectivity index (χ1) is 14.0. The van der Waals surface area contributed by atoms with Crippen LogP contribution in [0.3, 0.4) is 0 Å². The van der Waals surface area contributed by atoms with Gasteiger partial charge in [0.15, 0.2) is 0 Å². The lowest BCUT2D eigenvalue weighted by atomic mass is 10.1. The number of amides is 4. The third-order valence-corrected chi connectivity index (χ3v) is 4.51. The maximum atomic E-state index is 12.5. The Kier molecular flexibility index (Phi) is 6.28. The molecule has 2 N–H and O–H groups in total. The largest absolute Gasteiger partial charge is 0.497 e. The van der Waals surface area contributed by atoms with Crippen LogP contribution in [0.1, 0.15) is 12.0 Å². The molecule has 2 heterocycles. The minimum Gasteiger partial charge on any atom is -0.497 e. The zero-order valence-corrected chi connectivity index (χ0v) is 16.2. The van der Waals surface area contributed by atoms with Crippen molar-refractivity contribution >= 4 is 23.5 Å². The molecule has 9 nitrogen and oxygen atoms in total. The molecule has 0 radical (unpaired) electrons. The van der Waals surface area contributed by atoms with Crippen molar-refractivity contribution in [3.05, 3.63) is 48.2 Å². The van der Waals surface area contributed by atoms with E-state index < -0.39 is 23.9 Å². The van der Waals surface area contributed by atoms with Gasteiger partial charge >= 0.3 is 6.03 Å². The fourth-order valence-corrected chi connectivity index (χ4v) is 2.93. The summed E-state index contributed by atoms with van der Waals surface area (Å²) in [6.07, 6.45) is 1.81. The number of nitrogens with one attached hydrogen (secondary N) is 2. The van der Waals surface area contributed by atoms with Gasteiger partial charge in [0, 0.05) is 12.6 Å². The van der Waals surface area contributed by atoms with E-state index in [0.29, 0.717) is 18.0 Å². The molecular formula is C20H22N4O5. The summed E-state index contributed by atoms with van der Waals surface area (Å²) in [7, 11) is 3.08. The molecule has 1 aliphatic rings. The van der Waals surface area contributed by atoms with Crippen LogP contribution in [0.15, 0.2) is 42.6 Å². The quantitative estimate of drug-likeness (QED) is 0.654. The number of ether oxygens (including phenoxy) is 2. The van der Waals surface area contributed by atoms with E-state index in [1.54, 1.807) is 19.2 Å². The number of hydrogen-bond acceptors (Lipinski definition) is 6. The average molecular weight is 398 g/mol. The molecule has 0 saturated carbocycles. The van der Waals surface area contributed by atoms with Crippen LogP contribution >= 0.6 is 0 Å². The number of aromatic nitrogens is 1. The molecule has 2 aromatic rings. The highest BCUT2D eigenvalue weighted by molar-refractivity contribution is 6.06. The summed E-state index contributed by atoms with van der Waals surface area (Å²) in [4.78, 5) is 42.0. The van der Waals surface area contributed by atoms with Crippen LogP contribution in [-0.2, 0) is 16.0 Å². The number of anilines is 1. The van der Waals surface area contributed by atoms with Crippen LogP contribution in [-0.4, -0.2) is 54.5 Å². The lowest BCUT2D eigenvalue weighted by Crippen LogP contribution is -2.34. The van der Waals surface area contributed by atoms with Gasteiger partial charge in [0.1, 0.15) is 11.8 Å². The van der Waals surface area contributed by atoms with E-state index in [-0.39, 0.29) is 13.0 Å². The molecule has 0 bridgehead atoms. The summed E-state index contributed by atoms with van der Waals surface area (Å²) in [6.45, 7) is 0.234.